The molecule has 0 saturated carbocycles. The van der Waals surface area contributed by atoms with E-state index in [0.717, 1.165) is 16.7 Å². The van der Waals surface area contributed by atoms with Gasteiger partial charge in [0.1, 0.15) is 0 Å². The molecule has 1 unspecified atom stereocenters. The van der Waals surface area contributed by atoms with Gasteiger partial charge in [-0.2, -0.15) is 0 Å². The summed E-state index contributed by atoms with van der Waals surface area (Å²) in [5.41, 5.74) is 10.6. The van der Waals surface area contributed by atoms with E-state index < -0.39 is 5.97 Å². The highest BCUT2D eigenvalue weighted by Crippen LogP contribution is 2.24. The van der Waals surface area contributed by atoms with Crippen LogP contribution >= 0.6 is 0 Å². The molecule has 3 nitrogen and oxygen atoms in total. The Balaban J connectivity index is 2.41. The molecule has 0 bridgehead atoms. The molecule has 1 atom stereocenters. The Labute approximate surface area is 112 Å². The Bertz CT molecular complexity index is 620. The zero-order chi connectivity index (χ0) is 14.0. The van der Waals surface area contributed by atoms with Crippen LogP contribution in [-0.4, -0.2) is 11.1 Å². The fourth-order valence-corrected chi connectivity index (χ4v) is 2.22. The molecular weight excluding hydrogens is 238 g/mol. The highest BCUT2D eigenvalue weighted by molar-refractivity contribution is 5.87. The maximum Gasteiger partial charge on any atom is 0.335 e. The van der Waals surface area contributed by atoms with Crippen molar-refractivity contribution in [3.05, 3.63) is 70.3 Å². The van der Waals surface area contributed by atoms with E-state index in [1.54, 1.807) is 18.2 Å². The van der Waals surface area contributed by atoms with Crippen molar-refractivity contribution in [2.24, 2.45) is 5.73 Å². The minimum atomic E-state index is -0.935. The van der Waals surface area contributed by atoms with Crippen LogP contribution in [0.2, 0.25) is 0 Å². The number of nitrogens with two attached hydrogens (primary N) is 1. The molecule has 0 aliphatic heterocycles. The standard InChI is InChI=1S/C16H17NO2/c1-10-6-7-14(11(2)8-10)15(17)12-4-3-5-13(9-12)16(18)19/h3-9,15H,17H2,1-2H3,(H,18,19). The number of hydrogen-bond acceptors (Lipinski definition) is 2. The topological polar surface area (TPSA) is 63.3 Å². The van der Waals surface area contributed by atoms with Crippen molar-refractivity contribution in [1.29, 1.82) is 0 Å². The summed E-state index contributed by atoms with van der Waals surface area (Å²) in [5, 5.41) is 9.01. The highest BCUT2D eigenvalue weighted by atomic mass is 16.4. The third-order valence-corrected chi connectivity index (χ3v) is 3.25. The molecule has 0 heterocycles. The Morgan fingerprint density at radius 3 is 2.53 bits per heavy atom. The lowest BCUT2D eigenvalue weighted by atomic mass is 9.94. The smallest absolute Gasteiger partial charge is 0.335 e. The Hall–Kier alpha value is -2.13. The average molecular weight is 255 g/mol. The van der Waals surface area contributed by atoms with Crippen LogP contribution in [0.4, 0.5) is 0 Å². The second-order valence-electron chi connectivity index (χ2n) is 4.77. The molecule has 0 saturated heterocycles. The van der Waals surface area contributed by atoms with Gasteiger partial charge < -0.3 is 10.8 Å². The Kier molecular flexibility index (Phi) is 3.67. The largest absolute Gasteiger partial charge is 0.478 e. The molecule has 0 amide bonds. The van der Waals surface area contributed by atoms with Crippen molar-refractivity contribution in [3.63, 3.8) is 0 Å². The molecule has 0 radical (unpaired) electrons. The van der Waals surface area contributed by atoms with Crippen LogP contribution in [0.1, 0.15) is 38.7 Å². The molecular formula is C16H17NO2. The normalized spacial score (nSPS) is 12.2. The van der Waals surface area contributed by atoms with Gasteiger partial charge in [0.15, 0.2) is 0 Å². The summed E-state index contributed by atoms with van der Waals surface area (Å²) >= 11 is 0. The van der Waals surface area contributed by atoms with Crippen molar-refractivity contribution in [3.8, 4) is 0 Å². The number of rotatable bonds is 3. The zero-order valence-electron chi connectivity index (χ0n) is 11.1. The van der Waals surface area contributed by atoms with E-state index in [-0.39, 0.29) is 11.6 Å². The molecule has 19 heavy (non-hydrogen) atoms. The van der Waals surface area contributed by atoms with Gasteiger partial charge in [-0.3, -0.25) is 0 Å². The summed E-state index contributed by atoms with van der Waals surface area (Å²) in [4.78, 5) is 11.0. The van der Waals surface area contributed by atoms with Gasteiger partial charge in [0, 0.05) is 0 Å². The third kappa shape index (κ3) is 2.83. The molecule has 0 aromatic heterocycles. The number of aryl methyl sites for hydroxylation is 2. The minimum absolute atomic E-state index is 0.262. The van der Waals surface area contributed by atoms with Crippen molar-refractivity contribution in [1.82, 2.24) is 0 Å². The molecule has 0 aliphatic rings. The molecule has 98 valence electrons. The summed E-state index contributed by atoms with van der Waals surface area (Å²) in [7, 11) is 0. The number of benzene rings is 2. The van der Waals surface area contributed by atoms with Gasteiger partial charge in [0.05, 0.1) is 11.6 Å². The van der Waals surface area contributed by atoms with Crippen LogP contribution in [0, 0.1) is 13.8 Å². The summed E-state index contributed by atoms with van der Waals surface area (Å²) in [6.45, 7) is 4.05. The van der Waals surface area contributed by atoms with Crippen molar-refractivity contribution in [2.75, 3.05) is 0 Å². The predicted molar refractivity (Wildman–Crippen MR) is 75.3 cm³/mol. The van der Waals surface area contributed by atoms with Crippen LogP contribution in [0.25, 0.3) is 0 Å². The van der Waals surface area contributed by atoms with Crippen molar-refractivity contribution < 1.29 is 9.90 Å². The van der Waals surface area contributed by atoms with Gasteiger partial charge in [-0.05, 0) is 42.7 Å². The molecule has 2 aromatic rings. The lowest BCUT2D eigenvalue weighted by Gasteiger charge is -2.16. The van der Waals surface area contributed by atoms with E-state index in [1.807, 2.05) is 32.0 Å². The second kappa shape index (κ2) is 5.24. The molecule has 0 spiro atoms. The first-order valence-electron chi connectivity index (χ1n) is 6.15. The molecule has 2 aromatic carbocycles. The molecule has 3 N–H and O–H groups in total. The Morgan fingerprint density at radius 1 is 1.16 bits per heavy atom. The SMILES string of the molecule is Cc1ccc(C(N)c2cccc(C(=O)O)c2)c(C)c1. The van der Waals surface area contributed by atoms with Crippen LogP contribution in [0.5, 0.6) is 0 Å². The van der Waals surface area contributed by atoms with E-state index in [4.69, 9.17) is 10.8 Å². The predicted octanol–water partition coefficient (Wildman–Crippen LogP) is 3.05. The number of carboxylic acids is 1. The van der Waals surface area contributed by atoms with E-state index in [2.05, 4.69) is 6.07 Å². The van der Waals surface area contributed by atoms with Crippen LogP contribution in [0.3, 0.4) is 0 Å². The van der Waals surface area contributed by atoms with Gasteiger partial charge in [0.25, 0.3) is 0 Å². The first kappa shape index (κ1) is 13.3. The summed E-state index contributed by atoms with van der Waals surface area (Å²) in [6, 6.07) is 12.6. The van der Waals surface area contributed by atoms with Gasteiger partial charge in [-0.15, -0.1) is 0 Å². The van der Waals surface area contributed by atoms with Crippen LogP contribution < -0.4 is 5.73 Å². The fourth-order valence-electron chi connectivity index (χ4n) is 2.22. The number of carbonyl (C=O) groups is 1. The van der Waals surface area contributed by atoms with E-state index in [9.17, 15) is 4.79 Å². The fraction of sp³-hybridized carbons (Fsp3) is 0.188. The van der Waals surface area contributed by atoms with Crippen LogP contribution in [-0.2, 0) is 0 Å². The quantitative estimate of drug-likeness (QED) is 0.886. The average Bonchev–Trinajstić information content (AvgIpc) is 2.38. The molecule has 0 aliphatic carbocycles. The monoisotopic (exact) mass is 255 g/mol. The lowest BCUT2D eigenvalue weighted by Crippen LogP contribution is -2.14. The van der Waals surface area contributed by atoms with E-state index >= 15 is 0 Å². The molecule has 3 heteroatoms. The summed E-state index contributed by atoms with van der Waals surface area (Å²) in [6.07, 6.45) is 0. The Morgan fingerprint density at radius 2 is 1.89 bits per heavy atom. The van der Waals surface area contributed by atoms with Gasteiger partial charge in [-0.1, -0.05) is 35.9 Å². The van der Waals surface area contributed by atoms with Gasteiger partial charge in [-0.25, -0.2) is 4.79 Å². The molecule has 0 fully saturated rings. The zero-order valence-corrected chi connectivity index (χ0v) is 11.1. The van der Waals surface area contributed by atoms with Crippen LogP contribution in [0.15, 0.2) is 42.5 Å². The maximum absolute atomic E-state index is 11.0. The van der Waals surface area contributed by atoms with Crippen molar-refractivity contribution >= 4 is 5.97 Å². The number of carboxylic acid groups (broad SMARTS) is 1. The van der Waals surface area contributed by atoms with Crippen molar-refractivity contribution in [2.45, 2.75) is 19.9 Å². The molecule has 2 rings (SSSR count). The highest BCUT2D eigenvalue weighted by Gasteiger charge is 2.13. The number of aromatic carboxylic acids is 1. The lowest BCUT2D eigenvalue weighted by molar-refractivity contribution is 0.0697. The first-order valence-corrected chi connectivity index (χ1v) is 6.15. The van der Waals surface area contributed by atoms with Gasteiger partial charge in [0.2, 0.25) is 0 Å². The third-order valence-electron chi connectivity index (χ3n) is 3.25. The van der Waals surface area contributed by atoms with Gasteiger partial charge >= 0.3 is 5.97 Å². The second-order valence-corrected chi connectivity index (χ2v) is 4.77. The van der Waals surface area contributed by atoms with E-state index in [0.29, 0.717) is 0 Å². The minimum Gasteiger partial charge on any atom is -0.478 e. The maximum atomic E-state index is 11.0. The van der Waals surface area contributed by atoms with E-state index in [1.165, 1.54) is 5.56 Å². The summed E-state index contributed by atoms with van der Waals surface area (Å²) < 4.78 is 0. The first-order chi connectivity index (χ1) is 8.99. The summed E-state index contributed by atoms with van der Waals surface area (Å²) in [5.74, 6) is -0.935. The number of hydrogen-bond donors (Lipinski definition) is 2.